The second-order valence-electron chi connectivity index (χ2n) is 6.62. The molecular formula is C21H20BrF2N3O2. The minimum atomic E-state index is -0.351. The van der Waals surface area contributed by atoms with Crippen molar-refractivity contribution in [3.8, 4) is 11.4 Å². The van der Waals surface area contributed by atoms with E-state index >= 15 is 0 Å². The van der Waals surface area contributed by atoms with E-state index in [4.69, 9.17) is 4.52 Å². The molecule has 0 atom stereocenters. The van der Waals surface area contributed by atoms with E-state index in [1.165, 1.54) is 12.1 Å². The normalized spacial score (nSPS) is 10.9. The first kappa shape index (κ1) is 21.1. The maximum absolute atomic E-state index is 14.0. The third-order valence-corrected chi connectivity index (χ3v) is 5.03. The van der Waals surface area contributed by atoms with E-state index in [1.54, 1.807) is 36.1 Å². The molecule has 3 aromatic rings. The molecule has 0 N–H and O–H groups in total. The summed E-state index contributed by atoms with van der Waals surface area (Å²) in [6, 6.07) is 9.22. The van der Waals surface area contributed by atoms with Crippen LogP contribution in [-0.4, -0.2) is 27.5 Å². The highest BCUT2D eigenvalue weighted by Crippen LogP contribution is 2.20. The molecule has 3 rings (SSSR count). The minimum Gasteiger partial charge on any atom is -0.339 e. The lowest BCUT2D eigenvalue weighted by Gasteiger charge is -2.21. The number of carbonyl (C=O) groups is 1. The highest BCUT2D eigenvalue weighted by atomic mass is 79.9. The van der Waals surface area contributed by atoms with Gasteiger partial charge in [0, 0.05) is 41.5 Å². The van der Waals surface area contributed by atoms with Crippen molar-refractivity contribution in [1.29, 1.82) is 0 Å². The van der Waals surface area contributed by atoms with Crippen LogP contribution in [0.1, 0.15) is 30.4 Å². The third-order valence-electron chi connectivity index (χ3n) is 4.54. The Kier molecular flexibility index (Phi) is 6.74. The lowest BCUT2D eigenvalue weighted by molar-refractivity contribution is -0.131. The number of aryl methyl sites for hydroxylation is 2. The fourth-order valence-electron chi connectivity index (χ4n) is 2.88. The largest absolute Gasteiger partial charge is 0.339 e. The van der Waals surface area contributed by atoms with Crippen molar-refractivity contribution in [2.45, 2.75) is 33.2 Å². The Morgan fingerprint density at radius 1 is 1.17 bits per heavy atom. The van der Waals surface area contributed by atoms with Gasteiger partial charge in [-0.2, -0.15) is 4.98 Å². The van der Waals surface area contributed by atoms with Crippen LogP contribution in [0.15, 0.2) is 45.4 Å². The van der Waals surface area contributed by atoms with Crippen molar-refractivity contribution in [3.05, 3.63) is 69.5 Å². The van der Waals surface area contributed by atoms with Crippen molar-refractivity contribution in [3.63, 3.8) is 0 Å². The van der Waals surface area contributed by atoms with Crippen LogP contribution < -0.4 is 0 Å². The lowest BCUT2D eigenvalue weighted by Crippen LogP contribution is -2.30. The van der Waals surface area contributed by atoms with Gasteiger partial charge in [0.15, 0.2) is 0 Å². The second kappa shape index (κ2) is 9.26. The Morgan fingerprint density at radius 3 is 2.66 bits per heavy atom. The molecule has 0 saturated carbocycles. The molecule has 29 heavy (non-hydrogen) atoms. The van der Waals surface area contributed by atoms with Gasteiger partial charge in [-0.25, -0.2) is 8.78 Å². The van der Waals surface area contributed by atoms with Crippen LogP contribution in [-0.2, 0) is 17.8 Å². The number of aromatic nitrogens is 2. The number of benzene rings is 2. The van der Waals surface area contributed by atoms with E-state index < -0.39 is 0 Å². The Morgan fingerprint density at radius 2 is 1.93 bits per heavy atom. The Hall–Kier alpha value is -2.61. The molecule has 2 aromatic carbocycles. The number of amides is 1. The first-order valence-corrected chi connectivity index (χ1v) is 9.97. The molecule has 0 spiro atoms. The predicted octanol–water partition coefficient (Wildman–Crippen LogP) is 5.07. The van der Waals surface area contributed by atoms with Crippen LogP contribution in [0.25, 0.3) is 11.4 Å². The van der Waals surface area contributed by atoms with E-state index in [2.05, 4.69) is 26.1 Å². The van der Waals surface area contributed by atoms with Gasteiger partial charge in [-0.15, -0.1) is 0 Å². The molecule has 8 heteroatoms. The zero-order valence-electron chi connectivity index (χ0n) is 16.1. The molecule has 5 nitrogen and oxygen atoms in total. The molecule has 0 aliphatic rings. The quantitative estimate of drug-likeness (QED) is 0.490. The summed E-state index contributed by atoms with van der Waals surface area (Å²) in [5, 5.41) is 3.90. The smallest absolute Gasteiger partial charge is 0.227 e. The Balaban J connectivity index is 1.62. The Bertz CT molecular complexity index is 1020. The van der Waals surface area contributed by atoms with Crippen molar-refractivity contribution in [2.75, 3.05) is 6.54 Å². The monoisotopic (exact) mass is 463 g/mol. The molecule has 0 radical (unpaired) electrons. The number of rotatable bonds is 7. The van der Waals surface area contributed by atoms with Crippen molar-refractivity contribution in [2.24, 2.45) is 0 Å². The van der Waals surface area contributed by atoms with Crippen molar-refractivity contribution < 1.29 is 18.1 Å². The maximum atomic E-state index is 14.0. The Labute approximate surface area is 175 Å². The summed E-state index contributed by atoms with van der Waals surface area (Å²) >= 11 is 3.32. The van der Waals surface area contributed by atoms with E-state index in [9.17, 15) is 13.6 Å². The zero-order chi connectivity index (χ0) is 21.0. The summed E-state index contributed by atoms with van der Waals surface area (Å²) in [5.41, 5.74) is 1.58. The molecule has 0 bridgehead atoms. The van der Waals surface area contributed by atoms with Crippen LogP contribution >= 0.6 is 15.9 Å². The summed E-state index contributed by atoms with van der Waals surface area (Å²) in [5.74, 6) is -0.122. The number of carbonyl (C=O) groups excluding carboxylic acids is 1. The first-order valence-electron chi connectivity index (χ1n) is 9.18. The average molecular weight is 464 g/mol. The van der Waals surface area contributed by atoms with Crippen LogP contribution in [0.3, 0.4) is 0 Å². The number of hydrogen-bond donors (Lipinski definition) is 0. The van der Waals surface area contributed by atoms with Gasteiger partial charge in [-0.3, -0.25) is 4.79 Å². The average Bonchev–Trinajstić information content (AvgIpc) is 3.18. The minimum absolute atomic E-state index is 0.135. The molecule has 0 aliphatic heterocycles. The van der Waals surface area contributed by atoms with Crippen LogP contribution in [0.2, 0.25) is 0 Å². The van der Waals surface area contributed by atoms with Gasteiger partial charge < -0.3 is 9.42 Å². The van der Waals surface area contributed by atoms with Crippen LogP contribution in [0.5, 0.6) is 0 Å². The van der Waals surface area contributed by atoms with E-state index in [0.29, 0.717) is 35.0 Å². The van der Waals surface area contributed by atoms with Crippen molar-refractivity contribution in [1.82, 2.24) is 15.0 Å². The molecule has 0 saturated heterocycles. The van der Waals surface area contributed by atoms with Gasteiger partial charge in [0.05, 0.1) is 0 Å². The van der Waals surface area contributed by atoms with Gasteiger partial charge in [-0.1, -0.05) is 21.1 Å². The van der Waals surface area contributed by atoms with E-state index in [0.717, 1.165) is 4.47 Å². The van der Waals surface area contributed by atoms with Crippen LogP contribution in [0, 0.1) is 18.6 Å². The molecule has 0 unspecified atom stereocenters. The molecule has 152 valence electrons. The molecule has 1 aromatic heterocycles. The first-order chi connectivity index (χ1) is 13.9. The molecule has 0 fully saturated rings. The summed E-state index contributed by atoms with van der Waals surface area (Å²) in [6.07, 6.45) is 0.428. The van der Waals surface area contributed by atoms with E-state index in [-0.39, 0.29) is 36.9 Å². The standard InChI is InChI=1S/C21H20BrF2N3O2/c1-3-27(12-15-11-16(22)5-7-18(15)24)20(28)9-8-19-25-21(26-29-19)14-4-6-17(23)13(2)10-14/h4-7,10-11H,3,8-9,12H2,1-2H3. The molecule has 1 amide bonds. The fraction of sp³-hybridized carbons (Fsp3) is 0.286. The summed E-state index contributed by atoms with van der Waals surface area (Å²) in [4.78, 5) is 18.4. The summed E-state index contributed by atoms with van der Waals surface area (Å²) in [7, 11) is 0. The molecular weight excluding hydrogens is 444 g/mol. The predicted molar refractivity (Wildman–Crippen MR) is 108 cm³/mol. The van der Waals surface area contributed by atoms with E-state index in [1.807, 2.05) is 6.92 Å². The third kappa shape index (κ3) is 5.26. The van der Waals surface area contributed by atoms with Gasteiger partial charge in [0.25, 0.3) is 0 Å². The zero-order valence-corrected chi connectivity index (χ0v) is 17.7. The van der Waals surface area contributed by atoms with Gasteiger partial charge >= 0.3 is 0 Å². The number of nitrogens with zero attached hydrogens (tertiary/aromatic N) is 3. The summed E-state index contributed by atoms with van der Waals surface area (Å²) < 4.78 is 33.4. The fourth-order valence-corrected chi connectivity index (χ4v) is 3.28. The second-order valence-corrected chi connectivity index (χ2v) is 7.54. The van der Waals surface area contributed by atoms with Gasteiger partial charge in [0.2, 0.25) is 17.6 Å². The van der Waals surface area contributed by atoms with Gasteiger partial charge in [0.1, 0.15) is 11.6 Å². The lowest BCUT2D eigenvalue weighted by atomic mass is 10.1. The number of hydrogen-bond acceptors (Lipinski definition) is 4. The maximum Gasteiger partial charge on any atom is 0.227 e. The number of halogens is 3. The molecule has 1 heterocycles. The van der Waals surface area contributed by atoms with Gasteiger partial charge in [-0.05, 0) is 55.8 Å². The molecule has 0 aliphatic carbocycles. The topological polar surface area (TPSA) is 59.2 Å². The van der Waals surface area contributed by atoms with Crippen molar-refractivity contribution >= 4 is 21.8 Å². The summed E-state index contributed by atoms with van der Waals surface area (Å²) in [6.45, 7) is 4.14. The van der Waals surface area contributed by atoms with Crippen LogP contribution in [0.4, 0.5) is 8.78 Å². The highest BCUT2D eigenvalue weighted by molar-refractivity contribution is 9.10. The highest BCUT2D eigenvalue weighted by Gasteiger charge is 2.17. The SMILES string of the molecule is CCN(Cc1cc(Br)ccc1F)C(=O)CCc1nc(-c2ccc(F)c(C)c2)no1.